The summed E-state index contributed by atoms with van der Waals surface area (Å²) in [5.41, 5.74) is 0.448. The molecular weight excluding hydrogens is 257 g/mol. The van der Waals surface area contributed by atoms with Crippen LogP contribution in [0.2, 0.25) is 0 Å². The molecule has 106 valence electrons. The maximum Gasteiger partial charge on any atom is 0.244 e. The van der Waals surface area contributed by atoms with E-state index in [1.165, 1.54) is 6.07 Å². The summed E-state index contributed by atoms with van der Waals surface area (Å²) in [7, 11) is 0. The van der Waals surface area contributed by atoms with Gasteiger partial charge in [0.2, 0.25) is 5.95 Å². The van der Waals surface area contributed by atoms with E-state index in [-0.39, 0.29) is 11.4 Å². The Morgan fingerprint density at radius 1 is 1.20 bits per heavy atom. The number of anilines is 2. The van der Waals surface area contributed by atoms with Crippen molar-refractivity contribution in [2.24, 2.45) is 0 Å². The van der Waals surface area contributed by atoms with Crippen molar-refractivity contribution in [1.29, 1.82) is 0 Å². The van der Waals surface area contributed by atoms with Crippen LogP contribution in [-0.4, -0.2) is 20.7 Å². The van der Waals surface area contributed by atoms with E-state index in [1.54, 1.807) is 24.4 Å². The molecule has 0 saturated carbocycles. The number of halogens is 1. The molecule has 0 radical (unpaired) electrons. The first-order chi connectivity index (χ1) is 9.44. The summed E-state index contributed by atoms with van der Waals surface area (Å²) in [5.74, 6) is 0.739. The van der Waals surface area contributed by atoms with Gasteiger partial charge in [-0.3, -0.25) is 0 Å². The van der Waals surface area contributed by atoms with Crippen LogP contribution in [-0.2, 0) is 6.54 Å². The molecular formula is C14H18FN5. The first-order valence-corrected chi connectivity index (χ1v) is 6.39. The van der Waals surface area contributed by atoms with Crippen LogP contribution >= 0.6 is 0 Å². The second-order valence-electron chi connectivity index (χ2n) is 5.49. The summed E-state index contributed by atoms with van der Waals surface area (Å²) >= 11 is 0. The van der Waals surface area contributed by atoms with E-state index in [0.717, 1.165) is 0 Å². The van der Waals surface area contributed by atoms with E-state index in [4.69, 9.17) is 0 Å². The number of benzene rings is 1. The molecule has 0 atom stereocenters. The zero-order valence-corrected chi connectivity index (χ0v) is 11.8. The fourth-order valence-corrected chi connectivity index (χ4v) is 1.64. The molecule has 0 unspecified atom stereocenters. The van der Waals surface area contributed by atoms with Crippen LogP contribution in [0, 0.1) is 5.82 Å². The van der Waals surface area contributed by atoms with Crippen LogP contribution in [0.25, 0.3) is 0 Å². The molecule has 0 saturated heterocycles. The SMILES string of the molecule is CC(C)(C)Nc1cnnc(NCc2ccccc2F)n1. The highest BCUT2D eigenvalue weighted by Gasteiger charge is 2.11. The van der Waals surface area contributed by atoms with Gasteiger partial charge in [-0.1, -0.05) is 18.2 Å². The van der Waals surface area contributed by atoms with Gasteiger partial charge in [0.15, 0.2) is 5.82 Å². The number of nitrogens with zero attached hydrogens (tertiary/aromatic N) is 3. The van der Waals surface area contributed by atoms with Crippen molar-refractivity contribution in [3.8, 4) is 0 Å². The molecule has 0 amide bonds. The number of rotatable bonds is 4. The van der Waals surface area contributed by atoms with Gasteiger partial charge in [0.25, 0.3) is 0 Å². The van der Waals surface area contributed by atoms with Gasteiger partial charge in [0.05, 0.1) is 6.20 Å². The third kappa shape index (κ3) is 4.15. The maximum atomic E-state index is 13.5. The molecule has 5 nitrogen and oxygen atoms in total. The van der Waals surface area contributed by atoms with Gasteiger partial charge in [-0.15, -0.1) is 5.10 Å². The van der Waals surface area contributed by atoms with E-state index in [1.807, 2.05) is 20.8 Å². The van der Waals surface area contributed by atoms with Crippen molar-refractivity contribution < 1.29 is 4.39 Å². The smallest absolute Gasteiger partial charge is 0.244 e. The average Bonchev–Trinajstić information content (AvgIpc) is 2.36. The Hall–Kier alpha value is -2.24. The van der Waals surface area contributed by atoms with Crippen LogP contribution in [0.4, 0.5) is 16.2 Å². The zero-order valence-electron chi connectivity index (χ0n) is 11.8. The second-order valence-corrected chi connectivity index (χ2v) is 5.49. The average molecular weight is 275 g/mol. The minimum absolute atomic E-state index is 0.112. The third-order valence-electron chi connectivity index (χ3n) is 2.46. The summed E-state index contributed by atoms with van der Waals surface area (Å²) in [6.07, 6.45) is 1.56. The van der Waals surface area contributed by atoms with Gasteiger partial charge in [0.1, 0.15) is 5.82 Å². The fourth-order valence-electron chi connectivity index (χ4n) is 1.64. The molecule has 1 aromatic heterocycles. The fraction of sp³-hybridized carbons (Fsp3) is 0.357. The Morgan fingerprint density at radius 2 is 1.95 bits per heavy atom. The lowest BCUT2D eigenvalue weighted by molar-refractivity contribution is 0.612. The van der Waals surface area contributed by atoms with Crippen LogP contribution in [0.15, 0.2) is 30.5 Å². The van der Waals surface area contributed by atoms with Crippen LogP contribution in [0.3, 0.4) is 0 Å². The first-order valence-electron chi connectivity index (χ1n) is 6.39. The predicted molar refractivity (Wildman–Crippen MR) is 76.9 cm³/mol. The lowest BCUT2D eigenvalue weighted by atomic mass is 10.1. The minimum Gasteiger partial charge on any atom is -0.364 e. The highest BCUT2D eigenvalue weighted by molar-refractivity contribution is 5.39. The number of aromatic nitrogens is 3. The number of nitrogens with one attached hydrogen (secondary N) is 2. The molecule has 0 bridgehead atoms. The Morgan fingerprint density at radius 3 is 2.65 bits per heavy atom. The number of hydrogen-bond donors (Lipinski definition) is 2. The molecule has 0 aliphatic rings. The van der Waals surface area contributed by atoms with E-state index < -0.39 is 0 Å². The van der Waals surface area contributed by atoms with E-state index >= 15 is 0 Å². The summed E-state index contributed by atoms with van der Waals surface area (Å²) in [4.78, 5) is 4.28. The second kappa shape index (κ2) is 5.81. The Balaban J connectivity index is 2.03. The van der Waals surface area contributed by atoms with Crippen molar-refractivity contribution in [3.63, 3.8) is 0 Å². The van der Waals surface area contributed by atoms with Crippen LogP contribution in [0.1, 0.15) is 26.3 Å². The molecule has 1 aromatic carbocycles. The van der Waals surface area contributed by atoms with Crippen molar-refractivity contribution in [2.75, 3.05) is 10.6 Å². The van der Waals surface area contributed by atoms with E-state index in [9.17, 15) is 4.39 Å². The third-order valence-corrected chi connectivity index (χ3v) is 2.46. The van der Waals surface area contributed by atoms with Crippen molar-refractivity contribution in [1.82, 2.24) is 15.2 Å². The van der Waals surface area contributed by atoms with Crippen LogP contribution in [0.5, 0.6) is 0 Å². The topological polar surface area (TPSA) is 62.7 Å². The molecule has 0 aliphatic heterocycles. The van der Waals surface area contributed by atoms with E-state index in [0.29, 0.717) is 23.9 Å². The van der Waals surface area contributed by atoms with Crippen LogP contribution < -0.4 is 10.6 Å². The van der Waals surface area contributed by atoms with Crippen molar-refractivity contribution in [3.05, 3.63) is 41.8 Å². The summed E-state index contributed by atoms with van der Waals surface area (Å²) in [6, 6.07) is 6.59. The summed E-state index contributed by atoms with van der Waals surface area (Å²) in [6.45, 7) is 6.40. The summed E-state index contributed by atoms with van der Waals surface area (Å²) in [5, 5.41) is 13.9. The summed E-state index contributed by atoms with van der Waals surface area (Å²) < 4.78 is 13.5. The molecule has 0 fully saturated rings. The molecule has 1 heterocycles. The molecule has 2 N–H and O–H groups in total. The van der Waals surface area contributed by atoms with Gasteiger partial charge >= 0.3 is 0 Å². The molecule has 0 spiro atoms. The lowest BCUT2D eigenvalue weighted by Gasteiger charge is -2.20. The van der Waals surface area contributed by atoms with Crippen molar-refractivity contribution >= 4 is 11.8 Å². The lowest BCUT2D eigenvalue weighted by Crippen LogP contribution is -2.27. The van der Waals surface area contributed by atoms with Gasteiger partial charge < -0.3 is 10.6 Å². The molecule has 2 aromatic rings. The van der Waals surface area contributed by atoms with Gasteiger partial charge in [-0.05, 0) is 26.8 Å². The Kier molecular flexibility index (Phi) is 4.12. The monoisotopic (exact) mass is 275 g/mol. The number of hydrogen-bond acceptors (Lipinski definition) is 5. The predicted octanol–water partition coefficient (Wildman–Crippen LogP) is 2.83. The zero-order chi connectivity index (χ0) is 14.6. The highest BCUT2D eigenvalue weighted by atomic mass is 19.1. The first kappa shape index (κ1) is 14.2. The molecule has 6 heteroatoms. The maximum absolute atomic E-state index is 13.5. The molecule has 2 rings (SSSR count). The quantitative estimate of drug-likeness (QED) is 0.898. The van der Waals surface area contributed by atoms with Gasteiger partial charge in [-0.25, -0.2) is 4.39 Å². The molecule has 20 heavy (non-hydrogen) atoms. The Bertz CT molecular complexity index is 580. The normalized spacial score (nSPS) is 11.2. The Labute approximate surface area is 117 Å². The van der Waals surface area contributed by atoms with Gasteiger partial charge in [-0.2, -0.15) is 10.1 Å². The largest absolute Gasteiger partial charge is 0.364 e. The minimum atomic E-state index is -0.253. The van der Waals surface area contributed by atoms with Crippen molar-refractivity contribution in [2.45, 2.75) is 32.9 Å². The van der Waals surface area contributed by atoms with Gasteiger partial charge in [0, 0.05) is 17.6 Å². The molecule has 0 aliphatic carbocycles. The van der Waals surface area contributed by atoms with E-state index in [2.05, 4.69) is 25.8 Å². The highest BCUT2D eigenvalue weighted by Crippen LogP contribution is 2.13. The standard InChI is InChI=1S/C14H18FN5/c1-14(2,3)19-12-9-17-20-13(18-12)16-8-10-6-4-5-7-11(10)15/h4-7,9H,8H2,1-3H3,(H2,16,18,19,20).